The van der Waals surface area contributed by atoms with Gasteiger partial charge in [-0.2, -0.15) is 9.57 Å². The number of nitrogens with zero attached hydrogens (tertiary/aromatic N) is 2. The summed E-state index contributed by atoms with van der Waals surface area (Å²) in [7, 11) is -3.90. The third-order valence-electron chi connectivity index (χ3n) is 4.39. The second-order valence-corrected chi connectivity index (χ2v) is 8.25. The van der Waals surface area contributed by atoms with Crippen LogP contribution in [0.5, 0.6) is 0 Å². The van der Waals surface area contributed by atoms with Crippen molar-refractivity contribution >= 4 is 10.0 Å². The van der Waals surface area contributed by atoms with Crippen molar-refractivity contribution in [2.45, 2.75) is 17.9 Å². The van der Waals surface area contributed by atoms with Crippen LogP contribution in [-0.4, -0.2) is 19.3 Å². The van der Waals surface area contributed by atoms with Crippen LogP contribution in [0.4, 0.5) is 4.39 Å². The van der Waals surface area contributed by atoms with Gasteiger partial charge in [0.25, 0.3) is 0 Å². The minimum atomic E-state index is -3.90. The molecule has 0 radical (unpaired) electrons. The molecule has 0 N–H and O–H groups in total. The quantitative estimate of drug-likeness (QED) is 0.605. The Morgan fingerprint density at radius 2 is 1.50 bits per heavy atom. The van der Waals surface area contributed by atoms with Crippen LogP contribution in [0.25, 0.3) is 0 Å². The van der Waals surface area contributed by atoms with E-state index in [0.29, 0.717) is 6.42 Å². The zero-order chi connectivity index (χ0) is 20.0. The van der Waals surface area contributed by atoms with Crippen LogP contribution in [0.1, 0.15) is 16.7 Å². The molecule has 0 aliphatic rings. The highest BCUT2D eigenvalue weighted by molar-refractivity contribution is 7.89. The molecule has 0 heterocycles. The van der Waals surface area contributed by atoms with Crippen molar-refractivity contribution < 1.29 is 12.8 Å². The van der Waals surface area contributed by atoms with Crippen molar-refractivity contribution in [1.29, 1.82) is 5.26 Å². The maximum absolute atomic E-state index is 13.6. The van der Waals surface area contributed by atoms with E-state index in [1.54, 1.807) is 6.07 Å². The van der Waals surface area contributed by atoms with Crippen LogP contribution in [0.15, 0.2) is 83.8 Å². The minimum absolute atomic E-state index is 0.0885. The molecule has 0 saturated carbocycles. The fraction of sp³-hybridized carbons (Fsp3) is 0.136. The first-order chi connectivity index (χ1) is 13.5. The molecule has 0 aliphatic carbocycles. The number of hydrogen-bond acceptors (Lipinski definition) is 3. The van der Waals surface area contributed by atoms with E-state index in [0.717, 1.165) is 23.3 Å². The average molecular weight is 394 g/mol. The lowest BCUT2D eigenvalue weighted by Gasteiger charge is -2.22. The topological polar surface area (TPSA) is 61.2 Å². The fourth-order valence-electron chi connectivity index (χ4n) is 2.87. The lowest BCUT2D eigenvalue weighted by atomic mass is 10.1. The largest absolute Gasteiger partial charge is 0.243 e. The van der Waals surface area contributed by atoms with Gasteiger partial charge in [-0.15, -0.1) is 0 Å². The van der Waals surface area contributed by atoms with Gasteiger partial charge < -0.3 is 0 Å². The van der Waals surface area contributed by atoms with Crippen molar-refractivity contribution in [3.63, 3.8) is 0 Å². The molecule has 0 amide bonds. The van der Waals surface area contributed by atoms with Crippen LogP contribution in [0.3, 0.4) is 0 Å². The maximum Gasteiger partial charge on any atom is 0.243 e. The van der Waals surface area contributed by atoms with Gasteiger partial charge in [-0.3, -0.25) is 0 Å². The Bertz CT molecular complexity index is 1080. The summed E-state index contributed by atoms with van der Waals surface area (Å²) >= 11 is 0. The van der Waals surface area contributed by atoms with Crippen LogP contribution < -0.4 is 0 Å². The molecule has 0 fully saturated rings. The molecule has 28 heavy (non-hydrogen) atoms. The number of benzene rings is 3. The van der Waals surface area contributed by atoms with Crippen molar-refractivity contribution in [2.75, 3.05) is 6.54 Å². The van der Waals surface area contributed by atoms with Crippen molar-refractivity contribution in [1.82, 2.24) is 4.31 Å². The molecule has 0 atom stereocenters. The van der Waals surface area contributed by atoms with Crippen LogP contribution in [0, 0.1) is 17.1 Å². The highest BCUT2D eigenvalue weighted by Gasteiger charge is 2.25. The molecule has 0 aromatic heterocycles. The molecular weight excluding hydrogens is 375 g/mol. The highest BCUT2D eigenvalue weighted by atomic mass is 32.2. The monoisotopic (exact) mass is 394 g/mol. The van der Waals surface area contributed by atoms with Gasteiger partial charge in [0, 0.05) is 13.1 Å². The second-order valence-electron chi connectivity index (χ2n) is 6.31. The number of hydrogen-bond donors (Lipinski definition) is 0. The smallest absolute Gasteiger partial charge is 0.207 e. The molecule has 3 aromatic rings. The third-order valence-corrected chi connectivity index (χ3v) is 6.23. The van der Waals surface area contributed by atoms with Gasteiger partial charge in [-0.25, -0.2) is 12.8 Å². The van der Waals surface area contributed by atoms with E-state index in [4.69, 9.17) is 5.26 Å². The molecule has 3 rings (SSSR count). The second kappa shape index (κ2) is 8.79. The van der Waals surface area contributed by atoms with Gasteiger partial charge in [0.1, 0.15) is 11.9 Å². The lowest BCUT2D eigenvalue weighted by molar-refractivity contribution is 0.409. The summed E-state index contributed by atoms with van der Waals surface area (Å²) in [5.41, 5.74) is 1.58. The zero-order valence-electron chi connectivity index (χ0n) is 15.1. The van der Waals surface area contributed by atoms with Gasteiger partial charge in [0.15, 0.2) is 0 Å². The Labute approximate surface area is 164 Å². The molecule has 6 heteroatoms. The SMILES string of the molecule is N#Cc1cc(S(=O)(=O)N(CCc2ccccc2)Cc2ccccc2)ccc1F. The van der Waals surface area contributed by atoms with E-state index in [9.17, 15) is 12.8 Å². The summed E-state index contributed by atoms with van der Waals surface area (Å²) in [6.45, 7) is 0.454. The minimum Gasteiger partial charge on any atom is -0.207 e. The van der Waals surface area contributed by atoms with Crippen LogP contribution in [-0.2, 0) is 23.0 Å². The summed E-state index contributed by atoms with van der Waals surface area (Å²) in [5.74, 6) is -0.736. The van der Waals surface area contributed by atoms with Gasteiger partial charge in [-0.1, -0.05) is 60.7 Å². The Morgan fingerprint density at radius 1 is 0.893 bits per heavy atom. The van der Waals surface area contributed by atoms with E-state index in [1.807, 2.05) is 60.7 Å². The normalized spacial score (nSPS) is 11.3. The van der Waals surface area contributed by atoms with E-state index in [1.165, 1.54) is 10.4 Å². The summed E-state index contributed by atoms with van der Waals surface area (Å²) in [4.78, 5) is -0.0885. The summed E-state index contributed by atoms with van der Waals surface area (Å²) in [5, 5.41) is 9.04. The molecule has 3 aromatic carbocycles. The highest BCUT2D eigenvalue weighted by Crippen LogP contribution is 2.21. The fourth-order valence-corrected chi connectivity index (χ4v) is 4.32. The Balaban J connectivity index is 1.93. The van der Waals surface area contributed by atoms with Gasteiger partial charge in [0.05, 0.1) is 10.5 Å². The standard InChI is InChI=1S/C22H19FN2O2S/c23-22-12-11-21(15-20(22)16-24)28(26,27)25(17-19-9-5-2-6-10-19)14-13-18-7-3-1-4-8-18/h1-12,15H,13-14,17H2. The maximum atomic E-state index is 13.6. The molecule has 0 saturated heterocycles. The Morgan fingerprint density at radius 3 is 2.11 bits per heavy atom. The van der Waals surface area contributed by atoms with E-state index in [-0.39, 0.29) is 23.5 Å². The molecule has 0 spiro atoms. The first-order valence-corrected chi connectivity index (χ1v) is 10.2. The van der Waals surface area contributed by atoms with Crippen molar-refractivity contribution in [2.24, 2.45) is 0 Å². The summed E-state index contributed by atoms with van der Waals surface area (Å²) < 4.78 is 41.5. The van der Waals surface area contributed by atoms with Crippen LogP contribution in [0.2, 0.25) is 0 Å². The Hall–Kier alpha value is -3.01. The average Bonchev–Trinajstić information content (AvgIpc) is 2.72. The third kappa shape index (κ3) is 4.63. The molecule has 0 unspecified atom stereocenters. The number of halogens is 1. The lowest BCUT2D eigenvalue weighted by Crippen LogP contribution is -2.32. The van der Waals surface area contributed by atoms with Gasteiger partial charge in [-0.05, 0) is 35.7 Å². The van der Waals surface area contributed by atoms with E-state index >= 15 is 0 Å². The Kier molecular flexibility index (Phi) is 6.19. The van der Waals surface area contributed by atoms with E-state index in [2.05, 4.69) is 0 Å². The van der Waals surface area contributed by atoms with Gasteiger partial charge in [0.2, 0.25) is 10.0 Å². The summed E-state index contributed by atoms with van der Waals surface area (Å²) in [6, 6.07) is 23.9. The van der Waals surface area contributed by atoms with Crippen LogP contribution >= 0.6 is 0 Å². The number of rotatable bonds is 7. The zero-order valence-corrected chi connectivity index (χ0v) is 15.9. The number of nitriles is 1. The van der Waals surface area contributed by atoms with Crippen molar-refractivity contribution in [3.8, 4) is 6.07 Å². The first-order valence-electron chi connectivity index (χ1n) is 8.78. The molecular formula is C22H19FN2O2S. The molecule has 142 valence electrons. The van der Waals surface area contributed by atoms with Crippen molar-refractivity contribution in [3.05, 3.63) is 101 Å². The molecule has 0 aliphatic heterocycles. The van der Waals surface area contributed by atoms with E-state index < -0.39 is 15.8 Å². The first kappa shape index (κ1) is 19.7. The molecule has 4 nitrogen and oxygen atoms in total. The predicted octanol–water partition coefficient (Wildman–Crippen LogP) is 4.13. The molecule has 0 bridgehead atoms. The predicted molar refractivity (Wildman–Crippen MR) is 105 cm³/mol. The van der Waals surface area contributed by atoms with Gasteiger partial charge >= 0.3 is 0 Å². The summed E-state index contributed by atoms with van der Waals surface area (Å²) in [6.07, 6.45) is 0.541. The number of sulfonamides is 1.